The standard InChI is InChI=1S/C10H14N2O4S/c1-7(2)6-17(15,16)12-9-5-8(10(13)14)3-4-11-9/h3-5,7H,6H2,1-2H3,(H,11,12)(H,13,14). The molecular formula is C10H14N2O4S. The molecule has 0 aliphatic heterocycles. The predicted octanol–water partition coefficient (Wildman–Crippen LogP) is 1.18. The summed E-state index contributed by atoms with van der Waals surface area (Å²) in [7, 11) is -3.48. The first-order chi connectivity index (χ1) is 7.80. The van der Waals surface area contributed by atoms with Gasteiger partial charge in [0.15, 0.2) is 0 Å². The number of carbonyl (C=O) groups is 1. The molecule has 7 heteroatoms. The first kappa shape index (κ1) is 13.4. The van der Waals surface area contributed by atoms with Crippen molar-refractivity contribution in [2.24, 2.45) is 5.92 Å². The van der Waals surface area contributed by atoms with Crippen LogP contribution in [0.2, 0.25) is 0 Å². The molecule has 17 heavy (non-hydrogen) atoms. The summed E-state index contributed by atoms with van der Waals surface area (Å²) in [5.74, 6) is -1.16. The Morgan fingerprint density at radius 2 is 2.18 bits per heavy atom. The Bertz CT molecular complexity index is 511. The van der Waals surface area contributed by atoms with E-state index in [1.54, 1.807) is 13.8 Å². The van der Waals surface area contributed by atoms with E-state index in [4.69, 9.17) is 5.11 Å². The monoisotopic (exact) mass is 258 g/mol. The summed E-state index contributed by atoms with van der Waals surface area (Å²) >= 11 is 0. The van der Waals surface area contributed by atoms with Gasteiger partial charge in [-0.25, -0.2) is 18.2 Å². The van der Waals surface area contributed by atoms with Gasteiger partial charge in [-0.2, -0.15) is 0 Å². The Hall–Kier alpha value is -1.63. The van der Waals surface area contributed by atoms with Crippen molar-refractivity contribution in [1.82, 2.24) is 4.98 Å². The maximum atomic E-state index is 11.6. The van der Waals surface area contributed by atoms with Gasteiger partial charge in [0.25, 0.3) is 0 Å². The summed E-state index contributed by atoms with van der Waals surface area (Å²) in [4.78, 5) is 14.5. The molecule has 1 aromatic heterocycles. The van der Waals surface area contributed by atoms with Crippen molar-refractivity contribution in [1.29, 1.82) is 0 Å². The number of carboxylic acid groups (broad SMARTS) is 1. The van der Waals surface area contributed by atoms with Gasteiger partial charge in [-0.05, 0) is 18.1 Å². The number of aromatic carboxylic acids is 1. The van der Waals surface area contributed by atoms with Crippen molar-refractivity contribution in [2.75, 3.05) is 10.5 Å². The Morgan fingerprint density at radius 3 is 2.71 bits per heavy atom. The SMILES string of the molecule is CC(C)CS(=O)(=O)Nc1cc(C(=O)O)ccn1. The van der Waals surface area contributed by atoms with Crippen LogP contribution < -0.4 is 4.72 Å². The van der Waals surface area contributed by atoms with Crippen LogP contribution in [0.15, 0.2) is 18.3 Å². The Kier molecular flexibility index (Phi) is 4.06. The number of hydrogen-bond acceptors (Lipinski definition) is 4. The van der Waals surface area contributed by atoms with E-state index in [0.717, 1.165) is 0 Å². The van der Waals surface area contributed by atoms with Gasteiger partial charge in [0.1, 0.15) is 5.82 Å². The zero-order valence-corrected chi connectivity index (χ0v) is 10.4. The quantitative estimate of drug-likeness (QED) is 0.826. The van der Waals surface area contributed by atoms with Crippen LogP contribution in [-0.4, -0.2) is 30.2 Å². The number of carboxylic acids is 1. The molecule has 0 radical (unpaired) electrons. The third kappa shape index (κ3) is 4.39. The van der Waals surface area contributed by atoms with E-state index in [9.17, 15) is 13.2 Å². The Labute approximate surface area is 99.7 Å². The highest BCUT2D eigenvalue weighted by molar-refractivity contribution is 7.92. The molecule has 2 N–H and O–H groups in total. The number of nitrogens with one attached hydrogen (secondary N) is 1. The average Bonchev–Trinajstić information content (AvgIpc) is 2.14. The molecule has 1 rings (SSSR count). The van der Waals surface area contributed by atoms with Gasteiger partial charge >= 0.3 is 5.97 Å². The fourth-order valence-electron chi connectivity index (χ4n) is 1.26. The second-order valence-corrected chi connectivity index (χ2v) is 5.78. The van der Waals surface area contributed by atoms with Crippen LogP contribution in [0.5, 0.6) is 0 Å². The first-order valence-corrected chi connectivity index (χ1v) is 6.65. The normalized spacial score (nSPS) is 11.5. The summed E-state index contributed by atoms with van der Waals surface area (Å²) < 4.78 is 25.4. The minimum Gasteiger partial charge on any atom is -0.478 e. The summed E-state index contributed by atoms with van der Waals surface area (Å²) in [5, 5.41) is 8.75. The van der Waals surface area contributed by atoms with Gasteiger partial charge in [0.05, 0.1) is 11.3 Å². The molecule has 0 saturated carbocycles. The minimum atomic E-state index is -3.48. The van der Waals surface area contributed by atoms with Crippen LogP contribution in [0.4, 0.5) is 5.82 Å². The highest BCUT2D eigenvalue weighted by Gasteiger charge is 2.14. The van der Waals surface area contributed by atoms with Crippen molar-refractivity contribution >= 4 is 21.8 Å². The minimum absolute atomic E-state index is 0.0118. The molecule has 0 atom stereocenters. The molecular weight excluding hydrogens is 244 g/mol. The van der Waals surface area contributed by atoms with E-state index < -0.39 is 16.0 Å². The number of hydrogen-bond donors (Lipinski definition) is 2. The van der Waals surface area contributed by atoms with Gasteiger partial charge in [-0.15, -0.1) is 0 Å². The van der Waals surface area contributed by atoms with E-state index in [1.807, 2.05) is 0 Å². The lowest BCUT2D eigenvalue weighted by molar-refractivity contribution is 0.0697. The number of pyridine rings is 1. The summed E-state index contributed by atoms with van der Waals surface area (Å²) in [6, 6.07) is 2.47. The Balaban J connectivity index is 2.89. The summed E-state index contributed by atoms with van der Waals surface area (Å²) in [6.45, 7) is 3.56. The van der Waals surface area contributed by atoms with Crippen molar-refractivity contribution in [3.05, 3.63) is 23.9 Å². The fourth-order valence-corrected chi connectivity index (χ4v) is 2.65. The largest absolute Gasteiger partial charge is 0.478 e. The molecule has 0 aliphatic carbocycles. The first-order valence-electron chi connectivity index (χ1n) is 5.00. The van der Waals surface area contributed by atoms with Crippen molar-refractivity contribution in [3.8, 4) is 0 Å². The van der Waals surface area contributed by atoms with E-state index in [-0.39, 0.29) is 23.1 Å². The maximum absolute atomic E-state index is 11.6. The molecule has 6 nitrogen and oxygen atoms in total. The second kappa shape index (κ2) is 5.13. The third-order valence-corrected chi connectivity index (χ3v) is 3.45. The van der Waals surface area contributed by atoms with Crippen LogP contribution in [0.25, 0.3) is 0 Å². The van der Waals surface area contributed by atoms with Gasteiger partial charge in [-0.1, -0.05) is 13.8 Å². The molecule has 0 aromatic carbocycles. The van der Waals surface area contributed by atoms with E-state index in [0.29, 0.717) is 0 Å². The Morgan fingerprint density at radius 1 is 1.53 bits per heavy atom. The lowest BCUT2D eigenvalue weighted by Crippen LogP contribution is -2.20. The molecule has 0 aliphatic rings. The van der Waals surface area contributed by atoms with E-state index >= 15 is 0 Å². The molecule has 0 amide bonds. The van der Waals surface area contributed by atoms with Crippen molar-refractivity contribution in [2.45, 2.75) is 13.8 Å². The van der Waals surface area contributed by atoms with Crippen LogP contribution in [0.1, 0.15) is 24.2 Å². The topological polar surface area (TPSA) is 96.4 Å². The van der Waals surface area contributed by atoms with Gasteiger partial charge in [-0.3, -0.25) is 4.72 Å². The summed E-state index contributed by atoms with van der Waals surface area (Å²) in [5.41, 5.74) is -0.0118. The lowest BCUT2D eigenvalue weighted by atomic mass is 10.3. The molecule has 0 saturated heterocycles. The molecule has 1 aromatic rings. The van der Waals surface area contributed by atoms with Gasteiger partial charge in [0.2, 0.25) is 10.0 Å². The van der Waals surface area contributed by atoms with Gasteiger partial charge < -0.3 is 5.11 Å². The van der Waals surface area contributed by atoms with Crippen LogP contribution in [-0.2, 0) is 10.0 Å². The van der Waals surface area contributed by atoms with Crippen molar-refractivity contribution in [3.63, 3.8) is 0 Å². The van der Waals surface area contributed by atoms with E-state index in [1.165, 1.54) is 18.3 Å². The molecule has 94 valence electrons. The van der Waals surface area contributed by atoms with Crippen LogP contribution >= 0.6 is 0 Å². The smallest absolute Gasteiger partial charge is 0.335 e. The molecule has 0 unspecified atom stereocenters. The van der Waals surface area contributed by atoms with Crippen LogP contribution in [0.3, 0.4) is 0 Å². The summed E-state index contributed by atoms with van der Waals surface area (Å²) in [6.07, 6.45) is 1.25. The zero-order chi connectivity index (χ0) is 13.1. The number of rotatable bonds is 5. The maximum Gasteiger partial charge on any atom is 0.335 e. The highest BCUT2D eigenvalue weighted by atomic mass is 32.2. The van der Waals surface area contributed by atoms with Crippen molar-refractivity contribution < 1.29 is 18.3 Å². The average molecular weight is 258 g/mol. The zero-order valence-electron chi connectivity index (χ0n) is 9.54. The van der Waals surface area contributed by atoms with Crippen LogP contribution in [0, 0.1) is 5.92 Å². The fraction of sp³-hybridized carbons (Fsp3) is 0.400. The molecule has 0 fully saturated rings. The predicted molar refractivity (Wildman–Crippen MR) is 63.4 cm³/mol. The molecule has 0 bridgehead atoms. The number of nitrogens with zero attached hydrogens (tertiary/aromatic N) is 1. The molecule has 1 heterocycles. The third-order valence-electron chi connectivity index (χ3n) is 1.82. The van der Waals surface area contributed by atoms with Gasteiger partial charge in [0, 0.05) is 6.20 Å². The highest BCUT2D eigenvalue weighted by Crippen LogP contribution is 2.10. The van der Waals surface area contributed by atoms with E-state index in [2.05, 4.69) is 9.71 Å². The molecule has 0 spiro atoms. The lowest BCUT2D eigenvalue weighted by Gasteiger charge is -2.09. The number of anilines is 1. The number of sulfonamides is 1. The number of aromatic nitrogens is 1. The second-order valence-electron chi connectivity index (χ2n) is 4.01.